The lowest BCUT2D eigenvalue weighted by Gasteiger charge is -2.30. The number of aliphatic carboxylic acids is 1. The highest BCUT2D eigenvalue weighted by Crippen LogP contribution is 2.14. The topological polar surface area (TPSA) is 66.8 Å². The Kier molecular flexibility index (Phi) is 4.78. The van der Waals surface area contributed by atoms with Gasteiger partial charge in [-0.15, -0.1) is 0 Å². The third kappa shape index (κ3) is 4.51. The van der Waals surface area contributed by atoms with Crippen LogP contribution in [-0.2, 0) is 9.53 Å². The standard InChI is InChI=1S/C11H21NO4/c1-7(9(13)14)8(2)12(6)10(15)16-11(3,4)5/h7-8H,1-6H3,(H,13,14)/t7-,8-/m0/s1. The Labute approximate surface area is 96.4 Å². The van der Waals surface area contributed by atoms with Crippen LogP contribution in [0.4, 0.5) is 4.79 Å². The van der Waals surface area contributed by atoms with Gasteiger partial charge in [0, 0.05) is 13.1 Å². The lowest BCUT2D eigenvalue weighted by atomic mass is 10.0. The lowest BCUT2D eigenvalue weighted by Crippen LogP contribution is -2.44. The quantitative estimate of drug-likeness (QED) is 0.806. The van der Waals surface area contributed by atoms with E-state index in [-0.39, 0.29) is 0 Å². The first-order valence-electron chi connectivity index (χ1n) is 5.25. The van der Waals surface area contributed by atoms with Crippen LogP contribution < -0.4 is 0 Å². The predicted octanol–water partition coefficient (Wildman–Crippen LogP) is 1.96. The molecule has 0 heterocycles. The average molecular weight is 231 g/mol. The van der Waals surface area contributed by atoms with E-state index in [1.807, 2.05) is 0 Å². The van der Waals surface area contributed by atoms with Crippen LogP contribution in [0, 0.1) is 5.92 Å². The molecule has 94 valence electrons. The zero-order chi connectivity index (χ0) is 13.1. The maximum Gasteiger partial charge on any atom is 0.410 e. The normalized spacial score (nSPS) is 15.1. The highest BCUT2D eigenvalue weighted by molar-refractivity contribution is 5.73. The second kappa shape index (κ2) is 5.18. The second-order valence-corrected chi connectivity index (χ2v) is 4.96. The van der Waals surface area contributed by atoms with E-state index in [1.165, 1.54) is 11.9 Å². The van der Waals surface area contributed by atoms with E-state index in [0.29, 0.717) is 0 Å². The number of hydrogen-bond acceptors (Lipinski definition) is 3. The van der Waals surface area contributed by atoms with Gasteiger partial charge >= 0.3 is 12.1 Å². The molecule has 1 amide bonds. The summed E-state index contributed by atoms with van der Waals surface area (Å²) in [7, 11) is 1.54. The van der Waals surface area contributed by atoms with E-state index in [2.05, 4.69) is 0 Å². The predicted molar refractivity (Wildman–Crippen MR) is 60.3 cm³/mol. The molecule has 0 saturated carbocycles. The van der Waals surface area contributed by atoms with E-state index in [0.717, 1.165) is 0 Å². The van der Waals surface area contributed by atoms with Crippen molar-refractivity contribution in [1.82, 2.24) is 4.90 Å². The second-order valence-electron chi connectivity index (χ2n) is 4.96. The van der Waals surface area contributed by atoms with Crippen LogP contribution in [0.1, 0.15) is 34.6 Å². The maximum absolute atomic E-state index is 11.6. The van der Waals surface area contributed by atoms with Crippen LogP contribution in [0.3, 0.4) is 0 Å². The summed E-state index contributed by atoms with van der Waals surface area (Å²) in [6.07, 6.45) is -0.506. The summed E-state index contributed by atoms with van der Waals surface area (Å²) in [4.78, 5) is 23.7. The van der Waals surface area contributed by atoms with Crippen molar-refractivity contribution in [3.05, 3.63) is 0 Å². The first-order valence-corrected chi connectivity index (χ1v) is 5.25. The lowest BCUT2D eigenvalue weighted by molar-refractivity contribution is -0.142. The molecule has 0 aliphatic rings. The Morgan fingerprint density at radius 2 is 1.69 bits per heavy atom. The van der Waals surface area contributed by atoms with Gasteiger partial charge in [-0.2, -0.15) is 0 Å². The van der Waals surface area contributed by atoms with E-state index in [4.69, 9.17) is 9.84 Å². The largest absolute Gasteiger partial charge is 0.481 e. The summed E-state index contributed by atoms with van der Waals surface area (Å²) in [6.45, 7) is 8.55. The van der Waals surface area contributed by atoms with Gasteiger partial charge in [0.15, 0.2) is 0 Å². The summed E-state index contributed by atoms with van der Waals surface area (Å²) in [5, 5.41) is 8.84. The molecule has 1 N–H and O–H groups in total. The summed E-state index contributed by atoms with van der Waals surface area (Å²) < 4.78 is 5.14. The summed E-state index contributed by atoms with van der Waals surface area (Å²) >= 11 is 0. The van der Waals surface area contributed by atoms with Crippen molar-refractivity contribution >= 4 is 12.1 Å². The fourth-order valence-corrected chi connectivity index (χ4v) is 1.04. The fraction of sp³-hybridized carbons (Fsp3) is 0.818. The van der Waals surface area contributed by atoms with Crippen molar-refractivity contribution in [2.45, 2.75) is 46.3 Å². The van der Waals surface area contributed by atoms with Crippen molar-refractivity contribution in [3.63, 3.8) is 0 Å². The van der Waals surface area contributed by atoms with Crippen molar-refractivity contribution in [3.8, 4) is 0 Å². The summed E-state index contributed by atoms with van der Waals surface area (Å²) in [6, 6.07) is -0.410. The highest BCUT2D eigenvalue weighted by Gasteiger charge is 2.28. The van der Waals surface area contributed by atoms with Gasteiger partial charge in [-0.1, -0.05) is 0 Å². The third-order valence-electron chi connectivity index (χ3n) is 2.41. The highest BCUT2D eigenvalue weighted by atomic mass is 16.6. The van der Waals surface area contributed by atoms with Gasteiger partial charge in [-0.25, -0.2) is 4.79 Å². The third-order valence-corrected chi connectivity index (χ3v) is 2.41. The zero-order valence-electron chi connectivity index (χ0n) is 10.8. The van der Waals surface area contributed by atoms with Crippen LogP contribution >= 0.6 is 0 Å². The Morgan fingerprint density at radius 1 is 1.25 bits per heavy atom. The number of carbonyl (C=O) groups is 2. The monoisotopic (exact) mass is 231 g/mol. The molecule has 0 aliphatic heterocycles. The van der Waals surface area contributed by atoms with Gasteiger partial charge < -0.3 is 14.7 Å². The molecule has 5 heteroatoms. The number of rotatable bonds is 3. The minimum absolute atomic E-state index is 0.410. The molecule has 0 aromatic heterocycles. The average Bonchev–Trinajstić information content (AvgIpc) is 2.11. The van der Waals surface area contributed by atoms with Crippen LogP contribution in [-0.4, -0.2) is 40.8 Å². The summed E-state index contributed by atoms with van der Waals surface area (Å²) in [5.41, 5.74) is -0.572. The molecule has 0 spiro atoms. The first kappa shape index (κ1) is 14.7. The Morgan fingerprint density at radius 3 is 2.00 bits per heavy atom. The Balaban J connectivity index is 4.50. The Hall–Kier alpha value is -1.26. The maximum atomic E-state index is 11.6. The molecular weight excluding hydrogens is 210 g/mol. The molecular formula is C11H21NO4. The molecule has 2 atom stereocenters. The molecule has 0 aliphatic carbocycles. The van der Waals surface area contributed by atoms with Crippen LogP contribution in [0.2, 0.25) is 0 Å². The number of carboxylic acids is 1. The SMILES string of the molecule is C[C@H](C(=O)O)[C@H](C)N(C)C(=O)OC(C)(C)C. The molecule has 0 aromatic rings. The van der Waals surface area contributed by atoms with Crippen LogP contribution in [0.5, 0.6) is 0 Å². The molecule has 0 aromatic carbocycles. The molecule has 0 fully saturated rings. The van der Waals surface area contributed by atoms with Gasteiger partial charge in [-0.3, -0.25) is 4.79 Å². The minimum atomic E-state index is -0.928. The molecule has 0 saturated heterocycles. The van der Waals surface area contributed by atoms with Crippen molar-refractivity contribution in [1.29, 1.82) is 0 Å². The fourth-order valence-electron chi connectivity index (χ4n) is 1.04. The minimum Gasteiger partial charge on any atom is -0.481 e. The van der Waals surface area contributed by atoms with Gasteiger partial charge in [0.2, 0.25) is 0 Å². The summed E-state index contributed by atoms with van der Waals surface area (Å²) in [5.74, 6) is -1.56. The smallest absolute Gasteiger partial charge is 0.410 e. The number of amides is 1. The molecule has 16 heavy (non-hydrogen) atoms. The van der Waals surface area contributed by atoms with Gasteiger partial charge in [0.1, 0.15) is 5.60 Å². The number of carbonyl (C=O) groups excluding carboxylic acids is 1. The Bertz CT molecular complexity index is 270. The van der Waals surface area contributed by atoms with Crippen molar-refractivity contribution in [2.24, 2.45) is 5.92 Å². The molecule has 0 radical (unpaired) electrons. The van der Waals surface area contributed by atoms with Gasteiger partial charge in [-0.05, 0) is 34.6 Å². The van der Waals surface area contributed by atoms with E-state index < -0.39 is 29.6 Å². The molecule has 0 rings (SSSR count). The number of nitrogens with zero attached hydrogens (tertiary/aromatic N) is 1. The van der Waals surface area contributed by atoms with Crippen LogP contribution in [0.15, 0.2) is 0 Å². The van der Waals surface area contributed by atoms with Crippen molar-refractivity contribution in [2.75, 3.05) is 7.05 Å². The molecule has 0 unspecified atom stereocenters. The number of carboxylic acid groups (broad SMARTS) is 1. The van der Waals surface area contributed by atoms with Crippen LogP contribution in [0.25, 0.3) is 0 Å². The first-order chi connectivity index (χ1) is 7.06. The number of hydrogen-bond donors (Lipinski definition) is 1. The molecule has 5 nitrogen and oxygen atoms in total. The van der Waals surface area contributed by atoms with E-state index in [1.54, 1.807) is 34.6 Å². The van der Waals surface area contributed by atoms with E-state index >= 15 is 0 Å². The molecule has 0 bridgehead atoms. The number of ether oxygens (including phenoxy) is 1. The van der Waals surface area contributed by atoms with Crippen molar-refractivity contribution < 1.29 is 19.4 Å². The van der Waals surface area contributed by atoms with Gasteiger partial charge in [0.05, 0.1) is 5.92 Å². The van der Waals surface area contributed by atoms with Gasteiger partial charge in [0.25, 0.3) is 0 Å². The van der Waals surface area contributed by atoms with E-state index in [9.17, 15) is 9.59 Å². The zero-order valence-corrected chi connectivity index (χ0v) is 10.8.